The van der Waals surface area contributed by atoms with E-state index in [0.29, 0.717) is 5.57 Å². The molecule has 1 aromatic rings. The fraction of sp³-hybridized carbons (Fsp3) is 0.0952. The van der Waals surface area contributed by atoms with Gasteiger partial charge in [-0.2, -0.15) is 5.06 Å². The molecule has 27 heavy (non-hydrogen) atoms. The van der Waals surface area contributed by atoms with Crippen LogP contribution < -0.4 is 5.32 Å². The van der Waals surface area contributed by atoms with Gasteiger partial charge in [-0.1, -0.05) is 42.5 Å². The molecule has 0 saturated heterocycles. The lowest BCUT2D eigenvalue weighted by Crippen LogP contribution is -2.10. The number of anilines is 1. The zero-order chi connectivity index (χ0) is 18.8. The average Bonchev–Trinajstić information content (AvgIpc) is 3.05. The number of nitrogens with zero attached hydrogens (tertiary/aromatic N) is 1. The Morgan fingerprint density at radius 1 is 1.00 bits per heavy atom. The van der Waals surface area contributed by atoms with E-state index in [2.05, 4.69) is 23.5 Å². The molecule has 1 aliphatic heterocycles. The quantitative estimate of drug-likeness (QED) is 0.301. The number of carbonyl (C=O) groups excluding carboxylic acids is 1. The van der Waals surface area contributed by atoms with E-state index in [-0.39, 0.29) is 5.91 Å². The van der Waals surface area contributed by atoms with Crippen LogP contribution in [0.5, 0.6) is 0 Å². The van der Waals surface area contributed by atoms with Gasteiger partial charge in [-0.15, -0.1) is 9.32 Å². The van der Waals surface area contributed by atoms with Crippen molar-refractivity contribution in [1.82, 2.24) is 5.06 Å². The third kappa shape index (κ3) is 3.74. The summed E-state index contributed by atoms with van der Waals surface area (Å²) >= 11 is 1.10. The van der Waals surface area contributed by atoms with Gasteiger partial charge < -0.3 is 5.32 Å². The molecule has 0 bridgehead atoms. The maximum atomic E-state index is 12.5. The molecule has 5 nitrogen and oxygen atoms in total. The minimum atomic E-state index is -0.104. The first-order valence-corrected chi connectivity index (χ1v) is 9.20. The minimum absolute atomic E-state index is 0.104. The molecule has 0 aromatic heterocycles. The van der Waals surface area contributed by atoms with Gasteiger partial charge >= 0.3 is 0 Å². The van der Waals surface area contributed by atoms with Crippen molar-refractivity contribution in [3.05, 3.63) is 71.8 Å². The maximum Gasteiger partial charge on any atom is 0.256 e. The SMILES string of the molecule is CN(C)OOSc1ccc2c(c1)/C(=C/c1ccc3cccccc1-3)C(=O)N2. The molecule has 0 spiro atoms. The van der Waals surface area contributed by atoms with E-state index in [1.165, 1.54) is 5.06 Å². The van der Waals surface area contributed by atoms with E-state index < -0.39 is 0 Å². The summed E-state index contributed by atoms with van der Waals surface area (Å²) in [6.07, 6.45) is 1.94. The largest absolute Gasteiger partial charge is 0.321 e. The number of nitrogens with one attached hydrogen (secondary N) is 1. The number of hydroxylamine groups is 2. The third-order valence-corrected chi connectivity index (χ3v) is 4.78. The second-order valence-corrected chi connectivity index (χ2v) is 7.10. The van der Waals surface area contributed by atoms with Crippen molar-refractivity contribution in [3.8, 4) is 11.1 Å². The van der Waals surface area contributed by atoms with Crippen molar-refractivity contribution in [2.45, 2.75) is 4.90 Å². The number of rotatable bonds is 5. The second-order valence-electron chi connectivity index (χ2n) is 6.33. The number of benzene rings is 1. The van der Waals surface area contributed by atoms with Crippen molar-refractivity contribution in [2.75, 3.05) is 19.4 Å². The molecule has 6 heteroatoms. The minimum Gasteiger partial charge on any atom is -0.321 e. The first-order valence-electron chi connectivity index (χ1n) is 8.46. The van der Waals surface area contributed by atoms with Gasteiger partial charge in [0.2, 0.25) is 0 Å². The molecular formula is C21H18N2O3S. The summed E-state index contributed by atoms with van der Waals surface area (Å²) in [6.45, 7) is 0. The second kappa shape index (κ2) is 7.54. The highest BCUT2D eigenvalue weighted by Gasteiger charge is 2.25. The summed E-state index contributed by atoms with van der Waals surface area (Å²) < 4.78 is 5.09. The zero-order valence-electron chi connectivity index (χ0n) is 14.9. The van der Waals surface area contributed by atoms with Crippen LogP contribution in [0.3, 0.4) is 0 Å². The molecule has 1 amide bonds. The standard InChI is InChI=1S/C21H18N2O3S/c1-23(2)25-26-27-16-10-11-20-18(13-16)19(21(24)22-20)12-15-9-8-14-6-4-3-5-7-17(14)15/h3-13H,1-2H3,(H,22,24)/b19-12-. The van der Waals surface area contributed by atoms with Crippen molar-refractivity contribution in [3.63, 3.8) is 0 Å². The highest BCUT2D eigenvalue weighted by molar-refractivity contribution is 7.94. The van der Waals surface area contributed by atoms with Crippen LogP contribution in [-0.4, -0.2) is 25.1 Å². The molecule has 0 saturated carbocycles. The molecule has 136 valence electrons. The van der Waals surface area contributed by atoms with E-state index in [1.54, 1.807) is 14.1 Å². The van der Waals surface area contributed by atoms with Gasteiger partial charge in [0.15, 0.2) is 0 Å². The molecule has 0 unspecified atom stereocenters. The van der Waals surface area contributed by atoms with Crippen molar-refractivity contribution < 1.29 is 14.1 Å². The Labute approximate surface area is 162 Å². The van der Waals surface area contributed by atoms with Crippen LogP contribution in [0.2, 0.25) is 0 Å². The Bertz CT molecular complexity index is 1000. The molecular weight excluding hydrogens is 360 g/mol. The number of carbonyl (C=O) groups is 1. The van der Waals surface area contributed by atoms with Crippen molar-refractivity contribution in [2.24, 2.45) is 0 Å². The lowest BCUT2D eigenvalue weighted by Gasteiger charge is -2.08. The van der Waals surface area contributed by atoms with Crippen LogP contribution >= 0.6 is 12.0 Å². The first-order chi connectivity index (χ1) is 13.1. The van der Waals surface area contributed by atoms with Gasteiger partial charge in [0.1, 0.15) is 0 Å². The molecule has 1 heterocycles. The lowest BCUT2D eigenvalue weighted by molar-refractivity contribution is -0.340. The number of hydrogen-bond donors (Lipinski definition) is 1. The smallest absolute Gasteiger partial charge is 0.256 e. The molecule has 1 aromatic carbocycles. The van der Waals surface area contributed by atoms with Crippen LogP contribution in [0.25, 0.3) is 22.8 Å². The van der Waals surface area contributed by atoms with Gasteiger partial charge in [0.05, 0.1) is 12.0 Å². The normalized spacial score (nSPS) is 14.8. The molecule has 0 radical (unpaired) electrons. The van der Waals surface area contributed by atoms with Gasteiger partial charge in [0, 0.05) is 35.8 Å². The van der Waals surface area contributed by atoms with E-state index in [4.69, 9.17) is 9.32 Å². The van der Waals surface area contributed by atoms with Crippen LogP contribution in [0.4, 0.5) is 5.69 Å². The molecule has 3 aliphatic rings. The summed E-state index contributed by atoms with van der Waals surface area (Å²) in [5.74, 6) is -0.104. The van der Waals surface area contributed by atoms with Gasteiger partial charge in [-0.05, 0) is 41.0 Å². The van der Waals surface area contributed by atoms with Crippen LogP contribution in [-0.2, 0) is 14.1 Å². The fourth-order valence-electron chi connectivity index (χ4n) is 3.00. The summed E-state index contributed by atoms with van der Waals surface area (Å²) in [6, 6.07) is 19.9. The number of fused-ring (bicyclic) bond motifs is 2. The zero-order valence-corrected chi connectivity index (χ0v) is 15.7. The Morgan fingerprint density at radius 2 is 1.85 bits per heavy atom. The van der Waals surface area contributed by atoms with Crippen molar-refractivity contribution >= 4 is 35.3 Å². The Morgan fingerprint density at radius 3 is 2.70 bits per heavy atom. The lowest BCUT2D eigenvalue weighted by atomic mass is 10.0. The summed E-state index contributed by atoms with van der Waals surface area (Å²) in [5, 5.41) is 4.37. The summed E-state index contributed by atoms with van der Waals surface area (Å²) in [4.78, 5) is 18.3. The third-order valence-electron chi connectivity index (χ3n) is 4.21. The Hall–Kier alpha value is -2.64. The number of amides is 1. The molecule has 4 rings (SSSR count). The van der Waals surface area contributed by atoms with E-state index in [1.807, 2.05) is 48.5 Å². The molecule has 2 aliphatic carbocycles. The first kappa shape index (κ1) is 17.8. The van der Waals surface area contributed by atoms with E-state index in [0.717, 1.165) is 44.9 Å². The molecule has 1 N–H and O–H groups in total. The molecule has 0 fully saturated rings. The predicted molar refractivity (Wildman–Crippen MR) is 108 cm³/mol. The maximum absolute atomic E-state index is 12.5. The molecule has 0 atom stereocenters. The van der Waals surface area contributed by atoms with E-state index in [9.17, 15) is 4.79 Å². The predicted octanol–water partition coefficient (Wildman–Crippen LogP) is 4.72. The van der Waals surface area contributed by atoms with Crippen LogP contribution in [0.15, 0.2) is 65.6 Å². The average molecular weight is 378 g/mol. The van der Waals surface area contributed by atoms with Gasteiger partial charge in [-0.3, -0.25) is 4.79 Å². The fourth-order valence-corrected chi connectivity index (χ4v) is 3.52. The Balaban J connectivity index is 1.67. The van der Waals surface area contributed by atoms with E-state index >= 15 is 0 Å². The highest BCUT2D eigenvalue weighted by Crippen LogP contribution is 2.38. The summed E-state index contributed by atoms with van der Waals surface area (Å²) in [5.41, 5.74) is 5.56. The van der Waals surface area contributed by atoms with Gasteiger partial charge in [-0.25, -0.2) is 0 Å². The van der Waals surface area contributed by atoms with Crippen molar-refractivity contribution in [1.29, 1.82) is 0 Å². The van der Waals surface area contributed by atoms with Gasteiger partial charge in [0.25, 0.3) is 5.91 Å². The van der Waals surface area contributed by atoms with Crippen LogP contribution in [0.1, 0.15) is 11.1 Å². The highest BCUT2D eigenvalue weighted by atomic mass is 32.2. The topological polar surface area (TPSA) is 50.8 Å². The number of hydrogen-bond acceptors (Lipinski definition) is 5. The summed E-state index contributed by atoms with van der Waals surface area (Å²) in [7, 11) is 3.47. The van der Waals surface area contributed by atoms with Crippen LogP contribution in [0, 0.1) is 0 Å². The monoisotopic (exact) mass is 378 g/mol. The Kier molecular flexibility index (Phi) is 4.96.